The van der Waals surface area contributed by atoms with E-state index in [2.05, 4.69) is 57.5 Å². The summed E-state index contributed by atoms with van der Waals surface area (Å²) in [5.74, 6) is 0. The van der Waals surface area contributed by atoms with Gasteiger partial charge in [0.2, 0.25) is 5.52 Å². The Hall–Kier alpha value is -1.67. The highest BCUT2D eigenvalue weighted by molar-refractivity contribution is 7.86. The highest BCUT2D eigenvalue weighted by Crippen LogP contribution is 2.23. The van der Waals surface area contributed by atoms with E-state index >= 15 is 0 Å². The highest BCUT2D eigenvalue weighted by Gasteiger charge is 2.36. The molecule has 1 aromatic heterocycles. The van der Waals surface area contributed by atoms with E-state index in [1.54, 1.807) is 0 Å². The molecule has 23 heavy (non-hydrogen) atoms. The van der Waals surface area contributed by atoms with Crippen molar-refractivity contribution in [1.29, 1.82) is 0 Å². The Balaban J connectivity index is 0.000000284. The predicted octanol–water partition coefficient (Wildman–Crippen LogP) is 2.95. The molecule has 0 saturated carbocycles. The summed E-state index contributed by atoms with van der Waals surface area (Å²) < 4.78 is 61.2. The van der Waals surface area contributed by atoms with Gasteiger partial charge in [0.15, 0.2) is 15.8 Å². The molecule has 1 heterocycles. The van der Waals surface area contributed by atoms with E-state index in [0.29, 0.717) is 0 Å². The lowest BCUT2D eigenvalue weighted by atomic mass is 10.0. The average Bonchev–Trinajstić information content (AvgIpc) is 2.37. The molecule has 1 aromatic carbocycles. The smallest absolute Gasteiger partial charge is 0.485 e. The largest absolute Gasteiger partial charge is 0.741 e. The van der Waals surface area contributed by atoms with Crippen LogP contribution in [0.15, 0.2) is 18.2 Å². The van der Waals surface area contributed by atoms with Gasteiger partial charge >= 0.3 is 5.51 Å². The van der Waals surface area contributed by atoms with E-state index in [-0.39, 0.29) is 0 Å². The van der Waals surface area contributed by atoms with Crippen molar-refractivity contribution in [2.75, 3.05) is 0 Å². The number of aryl methyl sites for hydroxylation is 5. The van der Waals surface area contributed by atoms with Crippen molar-refractivity contribution < 1.29 is 30.7 Å². The first kappa shape index (κ1) is 19.4. The predicted molar refractivity (Wildman–Crippen MR) is 79.8 cm³/mol. The Morgan fingerprint density at radius 1 is 1.00 bits per heavy atom. The summed E-state index contributed by atoms with van der Waals surface area (Å²) in [5.41, 5.74) is 1.13. The maximum Gasteiger partial charge on any atom is 0.485 e. The monoisotopic (exact) mass is 349 g/mol. The molecule has 0 bridgehead atoms. The molecule has 0 aliphatic heterocycles. The molecular formula is C15H18F3NO3S. The number of pyridine rings is 1. The Morgan fingerprint density at radius 2 is 1.43 bits per heavy atom. The van der Waals surface area contributed by atoms with Gasteiger partial charge in [-0.2, -0.15) is 17.7 Å². The van der Waals surface area contributed by atoms with Crippen molar-refractivity contribution in [3.63, 3.8) is 0 Å². The number of rotatable bonds is 0. The molecule has 0 aliphatic rings. The number of aromatic nitrogens is 1. The van der Waals surface area contributed by atoms with Crippen molar-refractivity contribution in [2.45, 2.75) is 33.2 Å². The molecule has 4 nitrogen and oxygen atoms in total. The molecule has 0 saturated heterocycles. The van der Waals surface area contributed by atoms with Crippen LogP contribution in [0.5, 0.6) is 0 Å². The van der Waals surface area contributed by atoms with E-state index in [9.17, 15) is 13.2 Å². The standard InChI is InChI=1S/C14H18N.CHF3O3S/c1-9-6-7-10(2)14-13(9)11(3)8-12(4)15(14)5;2-1(3,4)8(5,6)7/h6-8H,1-5H3;(H,5,6,7)/q+1;/p-1. The van der Waals surface area contributed by atoms with Crippen LogP contribution in [-0.2, 0) is 17.2 Å². The molecule has 0 unspecified atom stereocenters. The summed E-state index contributed by atoms with van der Waals surface area (Å²) in [7, 11) is -3.95. The second-order valence-corrected chi connectivity index (χ2v) is 6.72. The third kappa shape index (κ3) is 4.20. The molecule has 0 radical (unpaired) electrons. The third-order valence-electron chi connectivity index (χ3n) is 3.56. The highest BCUT2D eigenvalue weighted by atomic mass is 32.2. The molecule has 0 spiro atoms. The van der Waals surface area contributed by atoms with Crippen LogP contribution in [0.25, 0.3) is 10.9 Å². The van der Waals surface area contributed by atoms with Gasteiger partial charge in [-0.25, -0.2) is 8.42 Å². The first-order chi connectivity index (χ1) is 10.3. The third-order valence-corrected chi connectivity index (χ3v) is 4.12. The number of nitrogens with zero attached hydrogens (tertiary/aromatic N) is 1. The molecule has 0 N–H and O–H groups in total. The minimum absolute atomic E-state index is 1.31. The van der Waals surface area contributed by atoms with Gasteiger partial charge in [-0.3, -0.25) is 0 Å². The lowest BCUT2D eigenvalue weighted by Crippen LogP contribution is -2.33. The molecule has 0 fully saturated rings. The second kappa shape index (κ2) is 6.45. The minimum Gasteiger partial charge on any atom is -0.741 e. The summed E-state index contributed by atoms with van der Waals surface area (Å²) in [6, 6.07) is 6.67. The van der Waals surface area contributed by atoms with E-state index in [4.69, 9.17) is 13.0 Å². The van der Waals surface area contributed by atoms with Gasteiger partial charge in [-0.05, 0) is 31.9 Å². The van der Waals surface area contributed by atoms with Gasteiger partial charge in [0.1, 0.15) is 7.05 Å². The van der Waals surface area contributed by atoms with Gasteiger partial charge in [0.25, 0.3) is 0 Å². The SMILES string of the molecule is Cc1ccc(C)c2c1c(C)cc(C)[n+]2C.O=S(=O)([O-])C(F)(F)F. The van der Waals surface area contributed by atoms with Crippen LogP contribution >= 0.6 is 0 Å². The van der Waals surface area contributed by atoms with Crippen LogP contribution in [0.2, 0.25) is 0 Å². The van der Waals surface area contributed by atoms with E-state index < -0.39 is 15.6 Å². The normalized spacial score (nSPS) is 12.0. The minimum atomic E-state index is -6.09. The molecule has 2 rings (SSSR count). The summed E-state index contributed by atoms with van der Waals surface area (Å²) in [6.45, 7) is 8.72. The maximum atomic E-state index is 10.7. The second-order valence-electron chi connectivity index (χ2n) is 5.35. The van der Waals surface area contributed by atoms with Gasteiger partial charge < -0.3 is 4.55 Å². The summed E-state index contributed by atoms with van der Waals surface area (Å²) in [4.78, 5) is 0. The summed E-state index contributed by atoms with van der Waals surface area (Å²) in [6.07, 6.45) is 0. The van der Waals surface area contributed by atoms with Crippen LogP contribution in [-0.4, -0.2) is 18.5 Å². The topological polar surface area (TPSA) is 61.1 Å². The van der Waals surface area contributed by atoms with Gasteiger partial charge in [0, 0.05) is 18.6 Å². The van der Waals surface area contributed by atoms with Crippen molar-refractivity contribution in [3.05, 3.63) is 40.6 Å². The lowest BCUT2D eigenvalue weighted by Gasteiger charge is -2.08. The first-order valence-electron chi connectivity index (χ1n) is 6.65. The fraction of sp³-hybridized carbons (Fsp3) is 0.400. The number of hydrogen-bond donors (Lipinski definition) is 0. The Kier molecular flexibility index (Phi) is 5.43. The molecular weight excluding hydrogens is 331 g/mol. The zero-order valence-electron chi connectivity index (χ0n) is 13.4. The Labute approximate surface area is 133 Å². The number of benzene rings is 1. The molecule has 0 amide bonds. The van der Waals surface area contributed by atoms with Crippen LogP contribution in [0.3, 0.4) is 0 Å². The van der Waals surface area contributed by atoms with Crippen molar-refractivity contribution in [2.24, 2.45) is 7.05 Å². The quantitative estimate of drug-likeness (QED) is 0.417. The fourth-order valence-electron chi connectivity index (χ4n) is 2.38. The van der Waals surface area contributed by atoms with Gasteiger partial charge in [0.05, 0.1) is 5.39 Å². The van der Waals surface area contributed by atoms with Crippen molar-refractivity contribution in [1.82, 2.24) is 0 Å². The zero-order chi connectivity index (χ0) is 18.2. The van der Waals surface area contributed by atoms with Gasteiger partial charge in [-0.1, -0.05) is 12.1 Å². The molecule has 2 aromatic rings. The lowest BCUT2D eigenvalue weighted by molar-refractivity contribution is -0.651. The first-order valence-corrected chi connectivity index (χ1v) is 8.06. The van der Waals surface area contributed by atoms with Crippen molar-refractivity contribution >= 4 is 21.0 Å². The summed E-state index contributed by atoms with van der Waals surface area (Å²) >= 11 is 0. The van der Waals surface area contributed by atoms with Crippen LogP contribution in [0.4, 0.5) is 13.2 Å². The van der Waals surface area contributed by atoms with Crippen LogP contribution in [0.1, 0.15) is 22.4 Å². The van der Waals surface area contributed by atoms with Crippen LogP contribution < -0.4 is 4.57 Å². The number of alkyl halides is 3. The van der Waals surface area contributed by atoms with E-state index in [1.165, 1.54) is 33.3 Å². The van der Waals surface area contributed by atoms with Crippen LogP contribution in [0, 0.1) is 27.7 Å². The maximum absolute atomic E-state index is 10.7. The Bertz CT molecular complexity index is 843. The zero-order valence-corrected chi connectivity index (χ0v) is 14.3. The molecule has 0 atom stereocenters. The molecule has 0 aliphatic carbocycles. The van der Waals surface area contributed by atoms with Gasteiger partial charge in [-0.15, -0.1) is 0 Å². The molecule has 128 valence electrons. The van der Waals surface area contributed by atoms with E-state index in [0.717, 1.165) is 0 Å². The Morgan fingerprint density at radius 3 is 1.87 bits per heavy atom. The van der Waals surface area contributed by atoms with Crippen molar-refractivity contribution in [3.8, 4) is 0 Å². The summed E-state index contributed by atoms with van der Waals surface area (Å²) in [5, 5.41) is 1.41. The fourth-order valence-corrected chi connectivity index (χ4v) is 2.38. The van der Waals surface area contributed by atoms with E-state index in [1.807, 2.05) is 0 Å². The average molecular weight is 349 g/mol. The molecule has 8 heteroatoms. The number of halogens is 3. The number of fused-ring (bicyclic) bond motifs is 1. The number of hydrogen-bond acceptors (Lipinski definition) is 3.